The van der Waals surface area contributed by atoms with Crippen molar-refractivity contribution in [1.29, 1.82) is 0 Å². The van der Waals surface area contributed by atoms with Gasteiger partial charge in [0.15, 0.2) is 11.7 Å². The number of hydrogen-bond donors (Lipinski definition) is 2. The number of nitrogens with zero attached hydrogens (tertiary/aromatic N) is 4. The Morgan fingerprint density at radius 3 is 2.71 bits per heavy atom. The molecule has 2 saturated heterocycles. The van der Waals surface area contributed by atoms with Crippen molar-refractivity contribution < 1.29 is 9.21 Å². The lowest BCUT2D eigenvalue weighted by Crippen LogP contribution is -2.51. The minimum atomic E-state index is -0.103. The molecule has 3 aromatic heterocycles. The van der Waals surface area contributed by atoms with Crippen molar-refractivity contribution in [2.24, 2.45) is 5.73 Å². The van der Waals surface area contributed by atoms with Crippen LogP contribution in [0.1, 0.15) is 31.6 Å². The number of piperidine rings is 1. The summed E-state index contributed by atoms with van der Waals surface area (Å²) in [6.07, 6.45) is 7.17. The predicted octanol–water partition coefficient (Wildman–Crippen LogP) is 3.08. The number of carbonyl (C=O) groups excluding carboxylic acids is 1. The van der Waals surface area contributed by atoms with E-state index in [1.807, 2.05) is 17.0 Å². The molecule has 5 rings (SSSR count). The molecule has 3 N–H and O–H groups in total. The van der Waals surface area contributed by atoms with Crippen LogP contribution in [0.2, 0.25) is 0 Å². The molecule has 2 bridgehead atoms. The average Bonchev–Trinajstić information content (AvgIpc) is 3.22. The van der Waals surface area contributed by atoms with E-state index in [0.717, 1.165) is 36.6 Å². The van der Waals surface area contributed by atoms with Crippen LogP contribution in [0, 0.1) is 6.92 Å². The summed E-state index contributed by atoms with van der Waals surface area (Å²) in [5.41, 5.74) is 7.54. The zero-order chi connectivity index (χ0) is 19.3. The van der Waals surface area contributed by atoms with E-state index in [-0.39, 0.29) is 24.2 Å². The Morgan fingerprint density at radius 1 is 1.21 bits per heavy atom. The fraction of sp³-hybridized carbons (Fsp3) is 0.400. The van der Waals surface area contributed by atoms with Crippen molar-refractivity contribution in [3.63, 3.8) is 0 Å². The molecule has 0 saturated carbocycles. The summed E-state index contributed by atoms with van der Waals surface area (Å²) in [5.74, 6) is 1.70. The molecule has 0 unspecified atom stereocenters. The maximum absolute atomic E-state index is 12.9. The molecule has 2 aliphatic rings. The van der Waals surface area contributed by atoms with Crippen molar-refractivity contribution in [2.45, 2.75) is 50.7 Å². The van der Waals surface area contributed by atoms with E-state index < -0.39 is 0 Å². The van der Waals surface area contributed by atoms with Crippen molar-refractivity contribution in [3.05, 3.63) is 36.5 Å². The Labute approximate surface area is 162 Å². The lowest BCUT2D eigenvalue weighted by atomic mass is 9.99. The molecule has 2 amide bonds. The number of carbonyl (C=O) groups is 1. The summed E-state index contributed by atoms with van der Waals surface area (Å²) >= 11 is 0. The van der Waals surface area contributed by atoms with Gasteiger partial charge in [-0.05, 0) is 37.8 Å². The first-order chi connectivity index (χ1) is 13.6. The number of fused-ring (bicyclic) bond motifs is 3. The van der Waals surface area contributed by atoms with Crippen LogP contribution >= 0.6 is 0 Å². The number of aryl methyl sites for hydroxylation is 1. The molecule has 8 heteroatoms. The quantitative estimate of drug-likeness (QED) is 0.709. The Balaban J connectivity index is 1.39. The largest absolute Gasteiger partial charge is 0.439 e. The van der Waals surface area contributed by atoms with Crippen molar-refractivity contribution in [2.75, 3.05) is 5.32 Å². The summed E-state index contributed by atoms with van der Waals surface area (Å²) in [4.78, 5) is 27.9. The second kappa shape index (κ2) is 6.56. The second-order valence-electron chi connectivity index (χ2n) is 7.66. The van der Waals surface area contributed by atoms with Crippen LogP contribution in [0.5, 0.6) is 0 Å². The molecule has 0 radical (unpaired) electrons. The van der Waals surface area contributed by atoms with E-state index in [1.165, 1.54) is 0 Å². The van der Waals surface area contributed by atoms with E-state index in [9.17, 15) is 4.79 Å². The summed E-state index contributed by atoms with van der Waals surface area (Å²) in [7, 11) is 0. The molecule has 2 aliphatic heterocycles. The number of urea groups is 1. The number of nitrogens with two attached hydrogens (primary N) is 1. The normalized spacial score (nSPS) is 23.9. The molecule has 2 fully saturated rings. The smallest absolute Gasteiger partial charge is 0.323 e. The average molecular weight is 378 g/mol. The highest BCUT2D eigenvalue weighted by Gasteiger charge is 2.42. The van der Waals surface area contributed by atoms with Gasteiger partial charge in [0.05, 0.1) is 11.7 Å². The maximum Gasteiger partial charge on any atom is 0.323 e. The second-order valence-corrected chi connectivity index (χ2v) is 7.66. The zero-order valence-corrected chi connectivity index (χ0v) is 15.6. The van der Waals surface area contributed by atoms with E-state index in [2.05, 4.69) is 20.3 Å². The third kappa shape index (κ3) is 2.99. The van der Waals surface area contributed by atoms with Crippen LogP contribution < -0.4 is 11.1 Å². The summed E-state index contributed by atoms with van der Waals surface area (Å²) in [6, 6.07) is 6.15. The van der Waals surface area contributed by atoms with Gasteiger partial charge in [0, 0.05) is 42.7 Å². The number of hydrogen-bond acceptors (Lipinski definition) is 6. The SMILES string of the molecule is Cc1ncc(-c2ccc3cnc(NC(=O)N4[C@@H]5CC[C@H]4C[C@@H](N)C5)cc3n2)o1. The van der Waals surface area contributed by atoms with Gasteiger partial charge in [0.25, 0.3) is 0 Å². The number of nitrogens with one attached hydrogen (secondary N) is 1. The summed E-state index contributed by atoms with van der Waals surface area (Å²) < 4.78 is 5.56. The minimum absolute atomic E-state index is 0.103. The third-order valence-electron chi connectivity index (χ3n) is 5.69. The fourth-order valence-corrected chi connectivity index (χ4v) is 4.43. The van der Waals surface area contributed by atoms with E-state index in [1.54, 1.807) is 25.4 Å². The molecule has 0 aliphatic carbocycles. The number of pyridine rings is 2. The van der Waals surface area contributed by atoms with Gasteiger partial charge in [0.1, 0.15) is 11.5 Å². The van der Waals surface area contributed by atoms with Gasteiger partial charge < -0.3 is 15.1 Å². The van der Waals surface area contributed by atoms with Gasteiger partial charge in [0.2, 0.25) is 0 Å². The number of rotatable bonds is 2. The molecule has 8 nitrogen and oxygen atoms in total. The van der Waals surface area contributed by atoms with Gasteiger partial charge in [-0.3, -0.25) is 5.32 Å². The number of oxazole rings is 1. The van der Waals surface area contributed by atoms with Crippen LogP contribution in [0.3, 0.4) is 0 Å². The van der Waals surface area contributed by atoms with Crippen molar-refractivity contribution >= 4 is 22.8 Å². The number of anilines is 1. The molecular formula is C20H22N6O2. The van der Waals surface area contributed by atoms with E-state index in [4.69, 9.17) is 10.2 Å². The Hall–Kier alpha value is -3.00. The van der Waals surface area contributed by atoms with Gasteiger partial charge in [-0.15, -0.1) is 0 Å². The first kappa shape index (κ1) is 17.1. The van der Waals surface area contributed by atoms with Crippen LogP contribution in [0.25, 0.3) is 22.4 Å². The molecule has 28 heavy (non-hydrogen) atoms. The first-order valence-electron chi connectivity index (χ1n) is 9.61. The monoisotopic (exact) mass is 378 g/mol. The van der Waals surface area contributed by atoms with Crippen LogP contribution in [-0.4, -0.2) is 44.0 Å². The van der Waals surface area contributed by atoms with E-state index >= 15 is 0 Å². The number of aromatic nitrogens is 3. The molecule has 3 atom stereocenters. The van der Waals surface area contributed by atoms with Gasteiger partial charge in [-0.25, -0.2) is 19.7 Å². The lowest BCUT2D eigenvalue weighted by molar-refractivity contribution is 0.150. The highest BCUT2D eigenvalue weighted by molar-refractivity contribution is 5.91. The highest BCUT2D eigenvalue weighted by atomic mass is 16.4. The minimum Gasteiger partial charge on any atom is -0.439 e. The Bertz CT molecular complexity index is 1030. The molecular weight excluding hydrogens is 356 g/mol. The van der Waals surface area contributed by atoms with Crippen LogP contribution in [0.4, 0.5) is 10.6 Å². The predicted molar refractivity (Wildman–Crippen MR) is 105 cm³/mol. The van der Waals surface area contributed by atoms with Gasteiger partial charge >= 0.3 is 6.03 Å². The van der Waals surface area contributed by atoms with E-state index in [0.29, 0.717) is 23.2 Å². The molecule has 0 aromatic carbocycles. The van der Waals surface area contributed by atoms with Gasteiger partial charge in [-0.2, -0.15) is 0 Å². The maximum atomic E-state index is 12.9. The summed E-state index contributed by atoms with van der Waals surface area (Å²) in [6.45, 7) is 1.79. The highest BCUT2D eigenvalue weighted by Crippen LogP contribution is 2.35. The molecule has 0 spiro atoms. The Morgan fingerprint density at radius 2 is 2.00 bits per heavy atom. The van der Waals surface area contributed by atoms with Crippen LogP contribution in [0.15, 0.2) is 35.0 Å². The molecule has 144 valence electrons. The van der Waals surface area contributed by atoms with Crippen LogP contribution in [-0.2, 0) is 0 Å². The molecule has 5 heterocycles. The number of amides is 2. The topological polar surface area (TPSA) is 110 Å². The fourth-order valence-electron chi connectivity index (χ4n) is 4.43. The Kier molecular flexibility index (Phi) is 4.01. The third-order valence-corrected chi connectivity index (χ3v) is 5.69. The standard InChI is InChI=1S/C20H22N6O2/c1-11-22-10-18(28-11)16-5-2-12-9-23-19(8-17(12)24-16)25-20(27)26-14-3-4-15(26)7-13(21)6-14/h2,5,8-10,13-15H,3-4,6-7,21H2,1H3,(H,23,25,27)/t13-,14+,15-. The van der Waals surface area contributed by atoms with Crippen molar-refractivity contribution in [1.82, 2.24) is 19.9 Å². The lowest BCUT2D eigenvalue weighted by Gasteiger charge is -2.37. The first-order valence-corrected chi connectivity index (χ1v) is 9.61. The van der Waals surface area contributed by atoms with Gasteiger partial charge in [-0.1, -0.05) is 0 Å². The molecule has 3 aromatic rings. The van der Waals surface area contributed by atoms with Crippen molar-refractivity contribution in [3.8, 4) is 11.5 Å². The summed E-state index contributed by atoms with van der Waals surface area (Å²) in [5, 5.41) is 3.83. The zero-order valence-electron chi connectivity index (χ0n) is 15.6.